The predicted octanol–water partition coefficient (Wildman–Crippen LogP) is 34.7. The van der Waals surface area contributed by atoms with Crippen molar-refractivity contribution in [3.8, 4) is 0 Å². The molecule has 2 aromatic carbocycles. The molecule has 2 rings (SSSR count). The second kappa shape index (κ2) is 88.6. The first-order valence-electron chi connectivity index (χ1n) is 49.2. The predicted molar refractivity (Wildman–Crippen MR) is 481 cm³/mol. The van der Waals surface area contributed by atoms with Crippen molar-refractivity contribution in [1.82, 2.24) is 0 Å². The van der Waals surface area contributed by atoms with Crippen molar-refractivity contribution in [1.29, 1.82) is 0 Å². The van der Waals surface area contributed by atoms with Gasteiger partial charge in [-0.15, -0.1) is 0 Å². The molecule has 0 bridgehead atoms. The van der Waals surface area contributed by atoms with E-state index < -0.39 is 20.2 Å². The average molecular weight is 1690 g/mol. The molecule has 9 heteroatoms. The Morgan fingerprint density at radius 3 is 0.385 bits per heavy atom. The maximum atomic E-state index is 11.4. The van der Waals surface area contributed by atoms with Crippen molar-refractivity contribution < 1.29 is 25.9 Å². The first-order valence-corrected chi connectivity index (χ1v) is 52.0. The summed E-state index contributed by atoms with van der Waals surface area (Å²) < 4.78 is 68.4. The van der Waals surface area contributed by atoms with Crippen molar-refractivity contribution in [2.75, 3.05) is 0 Å². The van der Waals surface area contributed by atoms with Crippen LogP contribution in [0.15, 0.2) is 58.3 Å². The molecule has 0 unspecified atom stereocenters. The van der Waals surface area contributed by atoms with Gasteiger partial charge in [0.05, 0.1) is 9.79 Å². The summed E-state index contributed by atoms with van der Waals surface area (Å²) >= 11 is 0. The Balaban J connectivity index is 0.00000212. The van der Waals surface area contributed by atoms with Crippen LogP contribution in [0.5, 0.6) is 0 Å². The molecule has 0 aliphatic carbocycles. The van der Waals surface area contributed by atoms with Crippen molar-refractivity contribution >= 4 is 69.1 Å². The second-order valence-corrected chi connectivity index (χ2v) is 37.3. The molecule has 6 nitrogen and oxygen atoms in total. The fraction of sp³-hybridized carbons (Fsp3) is 0.880. The quantitative estimate of drug-likeness (QED) is 0.0370. The maximum Gasteiger partial charge on any atom is 2.00 e. The van der Waals surface area contributed by atoms with E-state index in [0.717, 1.165) is 25.7 Å². The summed E-state index contributed by atoms with van der Waals surface area (Å²) in [5.74, 6) is 0. The molecular formula is C100H186BaO6S2. The molecule has 0 heterocycles. The van der Waals surface area contributed by atoms with E-state index in [9.17, 15) is 25.9 Å². The van der Waals surface area contributed by atoms with Crippen LogP contribution in [-0.4, -0.2) is 74.8 Å². The minimum atomic E-state index is -4.37. The van der Waals surface area contributed by atoms with E-state index in [-0.39, 0.29) is 58.7 Å². The fourth-order valence-corrected chi connectivity index (χ4v) is 18.3. The van der Waals surface area contributed by atoms with Crippen molar-refractivity contribution in [3.05, 3.63) is 59.7 Å². The molecule has 636 valence electrons. The third kappa shape index (κ3) is 81.4. The van der Waals surface area contributed by atoms with Gasteiger partial charge in [0.15, 0.2) is 0 Å². The van der Waals surface area contributed by atoms with Gasteiger partial charge in [0.1, 0.15) is 20.2 Å². The van der Waals surface area contributed by atoms with Crippen LogP contribution in [0.3, 0.4) is 0 Å². The number of unbranched alkanes of at least 4 members (excludes halogenated alkanes) is 82. The van der Waals surface area contributed by atoms with Gasteiger partial charge in [0.25, 0.3) is 0 Å². The van der Waals surface area contributed by atoms with Crippen LogP contribution in [0.25, 0.3) is 0 Å². The molecule has 0 radical (unpaired) electrons. The summed E-state index contributed by atoms with van der Waals surface area (Å²) in [4.78, 5) is -0.0797. The van der Waals surface area contributed by atoms with Crippen molar-refractivity contribution in [2.45, 2.75) is 576 Å². The van der Waals surface area contributed by atoms with Crippen LogP contribution in [0.2, 0.25) is 0 Å². The van der Waals surface area contributed by atoms with E-state index in [1.165, 1.54) is 526 Å². The standard InChI is InChI=1S/2C50H94O3S.Ba/c2*1-2-3-4-5-6-7-8-9-10-11-12-13-14-15-16-17-18-19-20-21-22-23-24-25-26-27-28-29-30-31-32-33-34-35-36-37-38-39-40-41-42-43-46-49-47-44-45-48-50(49)54(51,52)53;/h2*44-45,47-48H,2-43,46H2,1H3,(H,51,52,53);/q;;+2/p-2. The molecule has 0 aliphatic heterocycles. The van der Waals surface area contributed by atoms with E-state index >= 15 is 0 Å². The zero-order valence-corrected chi connectivity index (χ0v) is 79.5. The monoisotopic (exact) mass is 1690 g/mol. The molecule has 0 aromatic heterocycles. The van der Waals surface area contributed by atoms with E-state index in [4.69, 9.17) is 0 Å². The number of rotatable bonds is 88. The topological polar surface area (TPSA) is 114 Å². The molecular weight excluding hydrogens is 1500 g/mol. The van der Waals surface area contributed by atoms with Gasteiger partial charge < -0.3 is 9.11 Å². The van der Waals surface area contributed by atoms with Gasteiger partial charge in [-0.25, -0.2) is 16.8 Å². The summed E-state index contributed by atoms with van der Waals surface area (Å²) in [5.41, 5.74) is 1.35. The number of aryl methyl sites for hydroxylation is 2. The fourth-order valence-electron chi connectivity index (χ4n) is 16.8. The SMILES string of the molecule is CCCCCCCCCCCCCCCCCCCCCCCCCCCCCCCCCCCCCCCCCCCCc1ccccc1S(=O)(=O)[O-].CCCCCCCCCCCCCCCCCCCCCCCCCCCCCCCCCCCCCCCCCCCCc1ccccc1S(=O)(=O)[O-].[Ba+2]. The molecule has 0 atom stereocenters. The van der Waals surface area contributed by atoms with Gasteiger partial charge in [-0.2, -0.15) is 0 Å². The first-order chi connectivity index (χ1) is 53.1. The van der Waals surface area contributed by atoms with Gasteiger partial charge >= 0.3 is 48.9 Å². The minimum absolute atomic E-state index is 0. The number of hydrogen-bond donors (Lipinski definition) is 0. The van der Waals surface area contributed by atoms with Crippen LogP contribution >= 0.6 is 0 Å². The van der Waals surface area contributed by atoms with Crippen LogP contribution < -0.4 is 0 Å². The Morgan fingerprint density at radius 2 is 0.275 bits per heavy atom. The van der Waals surface area contributed by atoms with Gasteiger partial charge in [0, 0.05) is 0 Å². The Kier molecular flexibility index (Phi) is 88.5. The van der Waals surface area contributed by atoms with E-state index in [0.29, 0.717) is 24.0 Å². The normalized spacial score (nSPS) is 11.8. The van der Waals surface area contributed by atoms with Gasteiger partial charge in [-0.1, -0.05) is 577 Å². The van der Waals surface area contributed by atoms with Crippen LogP contribution in [0, 0.1) is 0 Å². The van der Waals surface area contributed by atoms with E-state index in [1.807, 2.05) is 12.1 Å². The van der Waals surface area contributed by atoms with Crippen molar-refractivity contribution in [2.24, 2.45) is 0 Å². The summed E-state index contributed by atoms with van der Waals surface area (Å²) in [6.45, 7) is 4.61. The molecule has 0 amide bonds. The average Bonchev–Trinajstić information content (AvgIpc) is 0.847. The summed E-state index contributed by atoms with van der Waals surface area (Å²) in [6, 6.07) is 13.3. The smallest absolute Gasteiger partial charge is 0.744 e. The molecule has 109 heavy (non-hydrogen) atoms. The minimum Gasteiger partial charge on any atom is -0.744 e. The second-order valence-electron chi connectivity index (χ2n) is 34.6. The number of hydrogen-bond acceptors (Lipinski definition) is 6. The van der Waals surface area contributed by atoms with Crippen molar-refractivity contribution in [3.63, 3.8) is 0 Å². The number of benzene rings is 2. The Bertz CT molecular complexity index is 2150. The van der Waals surface area contributed by atoms with E-state index in [1.54, 1.807) is 24.3 Å². The van der Waals surface area contributed by atoms with E-state index in [2.05, 4.69) is 13.8 Å². The third-order valence-corrected chi connectivity index (χ3v) is 26.0. The van der Waals surface area contributed by atoms with Crippen LogP contribution in [-0.2, 0) is 33.1 Å². The summed E-state index contributed by atoms with van der Waals surface area (Å²) in [5, 5.41) is 0. The Labute approximate surface area is 723 Å². The molecule has 0 spiro atoms. The largest absolute Gasteiger partial charge is 2.00 e. The van der Waals surface area contributed by atoms with Gasteiger partial charge in [0.2, 0.25) is 0 Å². The summed E-state index contributed by atoms with van der Waals surface area (Å²) in [6.07, 6.45) is 121. The molecule has 0 fully saturated rings. The Morgan fingerprint density at radius 1 is 0.174 bits per heavy atom. The zero-order chi connectivity index (χ0) is 77.8. The molecule has 0 aliphatic rings. The Hall–Kier alpha value is -0.169. The molecule has 0 saturated carbocycles. The summed E-state index contributed by atoms with van der Waals surface area (Å²) in [7, 11) is -8.74. The zero-order valence-electron chi connectivity index (χ0n) is 73.4. The molecule has 0 N–H and O–H groups in total. The van der Waals surface area contributed by atoms with Gasteiger partial charge in [-0.05, 0) is 48.9 Å². The van der Waals surface area contributed by atoms with Gasteiger partial charge in [-0.3, -0.25) is 0 Å². The maximum absolute atomic E-state index is 11.4. The molecule has 0 saturated heterocycles. The first kappa shape index (κ1) is 109. The third-order valence-electron chi connectivity index (χ3n) is 24.1. The van der Waals surface area contributed by atoms with Crippen LogP contribution in [0.4, 0.5) is 0 Å². The van der Waals surface area contributed by atoms with Crippen LogP contribution in [0.1, 0.15) is 564 Å². The molecule has 2 aromatic rings.